The third-order valence-electron chi connectivity index (χ3n) is 3.64. The van der Waals surface area contributed by atoms with E-state index in [9.17, 15) is 4.79 Å². The zero-order valence-corrected chi connectivity index (χ0v) is 14.1. The van der Waals surface area contributed by atoms with Gasteiger partial charge in [-0.2, -0.15) is 25.3 Å². The number of para-hydroxylation sites is 1. The van der Waals surface area contributed by atoms with E-state index in [-0.39, 0.29) is 22.3 Å². The minimum Gasteiger partial charge on any atom is -0.361 e. The number of aromatic amines is 1. The van der Waals surface area contributed by atoms with Crippen molar-refractivity contribution in [3.63, 3.8) is 0 Å². The van der Waals surface area contributed by atoms with Crippen molar-refractivity contribution in [2.75, 3.05) is 6.54 Å². The molecule has 0 saturated heterocycles. The molecular weight excluding hydrogens is 300 g/mol. The maximum Gasteiger partial charge on any atom is 0.163 e. The van der Waals surface area contributed by atoms with Crippen LogP contribution in [0.2, 0.25) is 0 Å². The maximum absolute atomic E-state index is 12.5. The SMILES string of the molecule is CCNC(Cc1c[nH]c2ccccc12)C(=O)C(S)C(C)S. The number of carbonyl (C=O) groups is 1. The first-order valence-electron chi connectivity index (χ1n) is 7.22. The molecule has 114 valence electrons. The monoisotopic (exact) mass is 322 g/mol. The number of thiol groups is 2. The van der Waals surface area contributed by atoms with E-state index in [1.54, 1.807) is 0 Å². The van der Waals surface area contributed by atoms with Gasteiger partial charge in [0.1, 0.15) is 0 Å². The third-order valence-corrected chi connectivity index (χ3v) is 4.88. The molecule has 5 heteroatoms. The Morgan fingerprint density at radius 2 is 2.05 bits per heavy atom. The van der Waals surface area contributed by atoms with Gasteiger partial charge in [0, 0.05) is 22.3 Å². The fourth-order valence-electron chi connectivity index (χ4n) is 2.48. The normalized spacial score (nSPS) is 15.8. The van der Waals surface area contributed by atoms with Crippen LogP contribution in [0, 0.1) is 0 Å². The van der Waals surface area contributed by atoms with E-state index in [1.807, 2.05) is 38.2 Å². The number of fused-ring (bicyclic) bond motifs is 1. The highest BCUT2D eigenvalue weighted by atomic mass is 32.1. The van der Waals surface area contributed by atoms with Gasteiger partial charge in [-0.3, -0.25) is 4.79 Å². The van der Waals surface area contributed by atoms with Gasteiger partial charge in [0.15, 0.2) is 5.78 Å². The fraction of sp³-hybridized carbons (Fsp3) is 0.438. The molecule has 2 aromatic rings. The molecular formula is C16H22N2OS2. The molecule has 0 amide bonds. The first-order chi connectivity index (χ1) is 10.0. The maximum atomic E-state index is 12.5. The molecule has 0 aliphatic rings. The molecule has 1 heterocycles. The van der Waals surface area contributed by atoms with Crippen LogP contribution in [0.5, 0.6) is 0 Å². The number of aromatic nitrogens is 1. The van der Waals surface area contributed by atoms with Crippen LogP contribution in [0.3, 0.4) is 0 Å². The van der Waals surface area contributed by atoms with E-state index in [4.69, 9.17) is 0 Å². The molecule has 3 atom stereocenters. The number of H-pyrrole nitrogens is 1. The van der Waals surface area contributed by atoms with Gasteiger partial charge in [-0.05, 0) is 24.6 Å². The molecule has 0 aliphatic carbocycles. The second kappa shape index (κ2) is 7.38. The lowest BCUT2D eigenvalue weighted by Gasteiger charge is -2.21. The van der Waals surface area contributed by atoms with Crippen LogP contribution in [-0.4, -0.2) is 33.9 Å². The lowest BCUT2D eigenvalue weighted by molar-refractivity contribution is -0.120. The standard InChI is InChI=1S/C16H22N2OS2/c1-3-17-14(15(19)16(21)10(2)20)8-11-9-18-13-7-5-4-6-12(11)13/h4-7,9-10,14,16-18,20-21H,3,8H2,1-2H3. The molecule has 21 heavy (non-hydrogen) atoms. The Bertz CT molecular complexity index is 609. The van der Waals surface area contributed by atoms with E-state index in [0.717, 1.165) is 17.6 Å². The number of nitrogens with one attached hydrogen (secondary N) is 2. The largest absolute Gasteiger partial charge is 0.361 e. The number of Topliss-reactive ketones (excluding diaryl/α,β-unsaturated/α-hetero) is 1. The molecule has 0 bridgehead atoms. The van der Waals surface area contributed by atoms with Gasteiger partial charge in [0.05, 0.1) is 11.3 Å². The molecule has 1 aromatic heterocycles. The zero-order chi connectivity index (χ0) is 15.4. The van der Waals surface area contributed by atoms with Gasteiger partial charge in [-0.15, -0.1) is 0 Å². The minimum atomic E-state index is -0.359. The van der Waals surface area contributed by atoms with Crippen LogP contribution in [0.25, 0.3) is 10.9 Å². The predicted octanol–water partition coefficient (Wildman–Crippen LogP) is 2.87. The first-order valence-corrected chi connectivity index (χ1v) is 8.26. The summed E-state index contributed by atoms with van der Waals surface area (Å²) in [4.78, 5) is 15.8. The van der Waals surface area contributed by atoms with Crippen LogP contribution in [0.1, 0.15) is 19.4 Å². The zero-order valence-electron chi connectivity index (χ0n) is 12.3. The molecule has 0 radical (unpaired) electrons. The lowest BCUT2D eigenvalue weighted by Crippen LogP contribution is -2.44. The van der Waals surface area contributed by atoms with Gasteiger partial charge in [-0.1, -0.05) is 32.0 Å². The molecule has 3 nitrogen and oxygen atoms in total. The summed E-state index contributed by atoms with van der Waals surface area (Å²) < 4.78 is 0. The number of rotatable bonds is 7. The molecule has 0 fully saturated rings. The molecule has 0 spiro atoms. The smallest absolute Gasteiger partial charge is 0.163 e. The van der Waals surface area contributed by atoms with Crippen molar-refractivity contribution in [2.24, 2.45) is 0 Å². The average molecular weight is 322 g/mol. The van der Waals surface area contributed by atoms with Crippen LogP contribution in [-0.2, 0) is 11.2 Å². The van der Waals surface area contributed by atoms with Crippen LogP contribution in [0.4, 0.5) is 0 Å². The van der Waals surface area contributed by atoms with Crippen molar-refractivity contribution < 1.29 is 4.79 Å². The van der Waals surface area contributed by atoms with Crippen molar-refractivity contribution in [2.45, 2.75) is 36.8 Å². The van der Waals surface area contributed by atoms with E-state index in [2.05, 4.69) is 41.6 Å². The third kappa shape index (κ3) is 3.84. The Hall–Kier alpha value is -0.910. The number of carbonyl (C=O) groups excluding carboxylic acids is 1. The molecule has 0 saturated carbocycles. The summed E-state index contributed by atoms with van der Waals surface area (Å²) in [6, 6.07) is 7.91. The Morgan fingerprint density at radius 3 is 2.71 bits per heavy atom. The van der Waals surface area contributed by atoms with Crippen molar-refractivity contribution >= 4 is 41.9 Å². The van der Waals surface area contributed by atoms with Crippen molar-refractivity contribution in [1.29, 1.82) is 0 Å². The van der Waals surface area contributed by atoms with Crippen molar-refractivity contribution in [1.82, 2.24) is 10.3 Å². The van der Waals surface area contributed by atoms with Gasteiger partial charge in [0.25, 0.3) is 0 Å². The number of hydrogen-bond acceptors (Lipinski definition) is 4. The van der Waals surface area contributed by atoms with Crippen LogP contribution >= 0.6 is 25.3 Å². The molecule has 2 rings (SSSR count). The van der Waals surface area contributed by atoms with Crippen LogP contribution < -0.4 is 5.32 Å². The van der Waals surface area contributed by atoms with Gasteiger partial charge < -0.3 is 10.3 Å². The summed E-state index contributed by atoms with van der Waals surface area (Å²) in [5.74, 6) is 0.105. The summed E-state index contributed by atoms with van der Waals surface area (Å²) in [5.41, 5.74) is 2.25. The van der Waals surface area contributed by atoms with Crippen LogP contribution in [0.15, 0.2) is 30.5 Å². The first kappa shape index (κ1) is 16.5. The Morgan fingerprint density at radius 1 is 1.33 bits per heavy atom. The topological polar surface area (TPSA) is 44.9 Å². The Kier molecular flexibility index (Phi) is 5.79. The Balaban J connectivity index is 2.21. The Labute approximate surface area is 136 Å². The second-order valence-electron chi connectivity index (χ2n) is 5.26. The van der Waals surface area contributed by atoms with E-state index in [0.29, 0.717) is 6.42 Å². The van der Waals surface area contributed by atoms with E-state index >= 15 is 0 Å². The van der Waals surface area contributed by atoms with Gasteiger partial charge in [-0.25, -0.2) is 0 Å². The fourth-order valence-corrected chi connectivity index (χ4v) is 2.81. The highest BCUT2D eigenvalue weighted by Gasteiger charge is 2.27. The summed E-state index contributed by atoms with van der Waals surface area (Å²) in [7, 11) is 0. The van der Waals surface area contributed by atoms with Gasteiger partial charge >= 0.3 is 0 Å². The number of hydrogen-bond donors (Lipinski definition) is 4. The summed E-state index contributed by atoms with van der Waals surface area (Å²) in [5, 5.41) is 4.02. The minimum absolute atomic E-state index is 0.0649. The molecule has 3 unspecified atom stereocenters. The average Bonchev–Trinajstić information content (AvgIpc) is 2.88. The van der Waals surface area contributed by atoms with Gasteiger partial charge in [0.2, 0.25) is 0 Å². The van der Waals surface area contributed by atoms with E-state index < -0.39 is 0 Å². The number of benzene rings is 1. The summed E-state index contributed by atoms with van der Waals surface area (Å²) in [6.07, 6.45) is 2.65. The second-order valence-corrected chi connectivity index (χ2v) is 6.63. The quantitative estimate of drug-likeness (QED) is 0.592. The van der Waals surface area contributed by atoms with Crippen molar-refractivity contribution in [3.05, 3.63) is 36.0 Å². The number of ketones is 1. The predicted molar refractivity (Wildman–Crippen MR) is 95.7 cm³/mol. The summed E-state index contributed by atoms with van der Waals surface area (Å²) >= 11 is 8.74. The number of likely N-dealkylation sites (N-methyl/N-ethyl adjacent to an activating group) is 1. The van der Waals surface area contributed by atoms with Crippen molar-refractivity contribution in [3.8, 4) is 0 Å². The highest BCUT2D eigenvalue weighted by molar-refractivity contribution is 7.85. The summed E-state index contributed by atoms with van der Waals surface area (Å²) in [6.45, 7) is 4.65. The molecule has 2 N–H and O–H groups in total. The van der Waals surface area contributed by atoms with E-state index in [1.165, 1.54) is 5.39 Å². The highest BCUT2D eigenvalue weighted by Crippen LogP contribution is 2.21. The molecule has 0 aliphatic heterocycles. The lowest BCUT2D eigenvalue weighted by atomic mass is 9.99. The molecule has 1 aromatic carbocycles.